The van der Waals surface area contributed by atoms with Crippen molar-refractivity contribution in [3.8, 4) is 0 Å². The minimum Gasteiger partial charge on any atom is -0.321 e. The summed E-state index contributed by atoms with van der Waals surface area (Å²) in [6.07, 6.45) is 0. The normalized spacial score (nSPS) is 11.2. The highest BCUT2D eigenvalue weighted by molar-refractivity contribution is 7.92. The zero-order chi connectivity index (χ0) is 17.9. The number of sulfonamides is 1. The summed E-state index contributed by atoms with van der Waals surface area (Å²) < 4.78 is 25.4. The van der Waals surface area contributed by atoms with Crippen LogP contribution in [0.5, 0.6) is 0 Å². The molecule has 2 aromatic carbocycles. The van der Waals surface area contributed by atoms with Gasteiger partial charge in [0.1, 0.15) is 0 Å². The molecule has 0 aliphatic heterocycles. The predicted molar refractivity (Wildman–Crippen MR) is 99.0 cm³/mol. The van der Waals surface area contributed by atoms with E-state index in [-0.39, 0.29) is 20.8 Å². The standard InChI is InChI=1S/C15H13Cl3N2O3S/c1-2-24(22,23)20-10-5-3-9(4-6-10)15(21)19-14-8-12(17)11(16)7-13(14)18/h3-8,20H,2H2,1H3,(H,19,21). The number of carbonyl (C=O) groups is 1. The smallest absolute Gasteiger partial charge is 0.255 e. The van der Waals surface area contributed by atoms with Crippen LogP contribution in [0.3, 0.4) is 0 Å². The molecule has 24 heavy (non-hydrogen) atoms. The number of carbonyl (C=O) groups excluding carboxylic acids is 1. The number of rotatable bonds is 5. The summed E-state index contributed by atoms with van der Waals surface area (Å²) in [5.41, 5.74) is 1.03. The van der Waals surface area contributed by atoms with Crippen LogP contribution in [0.25, 0.3) is 0 Å². The molecule has 0 aliphatic rings. The molecule has 0 saturated heterocycles. The summed E-state index contributed by atoms with van der Waals surface area (Å²) in [7, 11) is -3.36. The Morgan fingerprint density at radius 1 is 1.00 bits per heavy atom. The zero-order valence-corrected chi connectivity index (χ0v) is 15.5. The molecular formula is C15H13Cl3N2O3S. The molecule has 0 spiro atoms. The molecule has 0 bridgehead atoms. The Morgan fingerprint density at radius 3 is 2.17 bits per heavy atom. The lowest BCUT2D eigenvalue weighted by molar-refractivity contribution is 0.102. The van der Waals surface area contributed by atoms with E-state index in [1.807, 2.05) is 0 Å². The van der Waals surface area contributed by atoms with Crippen LogP contribution >= 0.6 is 34.8 Å². The van der Waals surface area contributed by atoms with E-state index in [0.717, 1.165) is 0 Å². The maximum Gasteiger partial charge on any atom is 0.255 e. The van der Waals surface area contributed by atoms with Gasteiger partial charge >= 0.3 is 0 Å². The fraction of sp³-hybridized carbons (Fsp3) is 0.133. The molecular weight excluding hydrogens is 395 g/mol. The molecule has 2 aromatic rings. The second-order valence-electron chi connectivity index (χ2n) is 4.78. The van der Waals surface area contributed by atoms with Crippen LogP contribution in [0, 0.1) is 0 Å². The van der Waals surface area contributed by atoms with Crippen LogP contribution in [-0.2, 0) is 10.0 Å². The number of nitrogens with one attached hydrogen (secondary N) is 2. The Hall–Kier alpha value is -1.47. The lowest BCUT2D eigenvalue weighted by atomic mass is 10.2. The Balaban J connectivity index is 2.15. The molecule has 128 valence electrons. The highest BCUT2D eigenvalue weighted by atomic mass is 35.5. The Morgan fingerprint density at radius 2 is 1.58 bits per heavy atom. The number of benzene rings is 2. The number of amides is 1. The SMILES string of the molecule is CCS(=O)(=O)Nc1ccc(C(=O)Nc2cc(Cl)c(Cl)cc2Cl)cc1. The second kappa shape index (κ2) is 7.61. The van der Waals surface area contributed by atoms with Gasteiger partial charge in [-0.15, -0.1) is 0 Å². The fourth-order valence-corrected chi connectivity index (χ4v) is 2.99. The molecule has 9 heteroatoms. The quantitative estimate of drug-likeness (QED) is 0.708. The van der Waals surface area contributed by atoms with Gasteiger partial charge in [-0.25, -0.2) is 8.42 Å². The van der Waals surface area contributed by atoms with Gasteiger partial charge in [0.05, 0.1) is 26.5 Å². The summed E-state index contributed by atoms with van der Waals surface area (Å²) >= 11 is 17.8. The molecule has 0 saturated carbocycles. The lowest BCUT2D eigenvalue weighted by Crippen LogP contribution is -2.15. The van der Waals surface area contributed by atoms with Crippen molar-refractivity contribution in [2.24, 2.45) is 0 Å². The molecule has 0 radical (unpaired) electrons. The average Bonchev–Trinajstić information content (AvgIpc) is 2.53. The van der Waals surface area contributed by atoms with Crippen molar-refractivity contribution in [1.82, 2.24) is 0 Å². The third kappa shape index (κ3) is 4.77. The van der Waals surface area contributed by atoms with E-state index in [9.17, 15) is 13.2 Å². The third-order valence-electron chi connectivity index (χ3n) is 3.06. The van der Waals surface area contributed by atoms with E-state index >= 15 is 0 Å². The second-order valence-corrected chi connectivity index (χ2v) is 8.02. The van der Waals surface area contributed by atoms with Gasteiger partial charge in [0.2, 0.25) is 10.0 Å². The van der Waals surface area contributed by atoms with Gasteiger partial charge in [-0.2, -0.15) is 0 Å². The summed E-state index contributed by atoms with van der Waals surface area (Å²) in [4.78, 5) is 12.2. The molecule has 2 rings (SSSR count). The summed E-state index contributed by atoms with van der Waals surface area (Å²) in [5, 5.41) is 3.42. The number of hydrogen-bond acceptors (Lipinski definition) is 3. The van der Waals surface area contributed by atoms with Crippen molar-refractivity contribution in [3.05, 3.63) is 57.0 Å². The van der Waals surface area contributed by atoms with Crippen LogP contribution in [0.4, 0.5) is 11.4 Å². The maximum atomic E-state index is 12.2. The van der Waals surface area contributed by atoms with Crippen molar-refractivity contribution in [1.29, 1.82) is 0 Å². The van der Waals surface area contributed by atoms with Crippen LogP contribution < -0.4 is 10.0 Å². The number of hydrogen-bond donors (Lipinski definition) is 2. The molecule has 2 N–H and O–H groups in total. The highest BCUT2D eigenvalue weighted by Crippen LogP contribution is 2.32. The van der Waals surface area contributed by atoms with E-state index in [2.05, 4.69) is 10.0 Å². The van der Waals surface area contributed by atoms with Gasteiger partial charge in [-0.05, 0) is 43.3 Å². The van der Waals surface area contributed by atoms with E-state index < -0.39 is 15.9 Å². The van der Waals surface area contributed by atoms with Gasteiger partial charge < -0.3 is 5.32 Å². The van der Waals surface area contributed by atoms with Gasteiger partial charge in [0.25, 0.3) is 5.91 Å². The Bertz CT molecular complexity index is 868. The first-order valence-electron chi connectivity index (χ1n) is 6.78. The summed E-state index contributed by atoms with van der Waals surface area (Å²) in [5.74, 6) is -0.453. The molecule has 5 nitrogen and oxygen atoms in total. The molecule has 0 aromatic heterocycles. The van der Waals surface area contributed by atoms with Gasteiger partial charge in [0, 0.05) is 11.3 Å². The number of anilines is 2. The molecule has 0 aliphatic carbocycles. The molecule has 0 unspecified atom stereocenters. The van der Waals surface area contributed by atoms with Gasteiger partial charge in [-0.1, -0.05) is 34.8 Å². The summed E-state index contributed by atoms with van der Waals surface area (Å²) in [6, 6.07) is 8.87. The first-order chi connectivity index (χ1) is 11.2. The van der Waals surface area contributed by atoms with E-state index in [4.69, 9.17) is 34.8 Å². The first-order valence-corrected chi connectivity index (χ1v) is 9.57. The number of halogens is 3. The Kier molecular flexibility index (Phi) is 5.98. The van der Waals surface area contributed by atoms with Crippen molar-refractivity contribution >= 4 is 62.1 Å². The minimum atomic E-state index is -3.36. The average molecular weight is 408 g/mol. The van der Waals surface area contributed by atoms with Gasteiger partial charge in [0.15, 0.2) is 0 Å². The van der Waals surface area contributed by atoms with Crippen molar-refractivity contribution < 1.29 is 13.2 Å². The van der Waals surface area contributed by atoms with Crippen molar-refractivity contribution in [3.63, 3.8) is 0 Å². The maximum absolute atomic E-state index is 12.2. The van der Waals surface area contributed by atoms with Crippen LogP contribution in [0.15, 0.2) is 36.4 Å². The minimum absolute atomic E-state index is 0.0366. The highest BCUT2D eigenvalue weighted by Gasteiger charge is 2.12. The molecule has 1 amide bonds. The zero-order valence-electron chi connectivity index (χ0n) is 12.4. The van der Waals surface area contributed by atoms with Crippen molar-refractivity contribution in [2.75, 3.05) is 15.8 Å². The third-order valence-corrected chi connectivity index (χ3v) is 5.40. The van der Waals surface area contributed by atoms with Crippen LogP contribution in [0.1, 0.15) is 17.3 Å². The van der Waals surface area contributed by atoms with Crippen LogP contribution in [-0.4, -0.2) is 20.1 Å². The van der Waals surface area contributed by atoms with Crippen molar-refractivity contribution in [2.45, 2.75) is 6.92 Å². The van der Waals surface area contributed by atoms with E-state index in [1.54, 1.807) is 0 Å². The monoisotopic (exact) mass is 406 g/mol. The first kappa shape index (κ1) is 18.9. The van der Waals surface area contributed by atoms with Gasteiger partial charge in [-0.3, -0.25) is 9.52 Å². The fourth-order valence-electron chi connectivity index (χ4n) is 1.75. The topological polar surface area (TPSA) is 75.3 Å². The lowest BCUT2D eigenvalue weighted by Gasteiger charge is -2.10. The predicted octanol–water partition coefficient (Wildman–Crippen LogP) is 4.66. The molecule has 0 atom stereocenters. The Labute approximate surface area is 155 Å². The largest absolute Gasteiger partial charge is 0.321 e. The van der Waals surface area contributed by atoms with Crippen LogP contribution in [0.2, 0.25) is 15.1 Å². The molecule has 0 fully saturated rings. The summed E-state index contributed by atoms with van der Waals surface area (Å²) in [6.45, 7) is 1.53. The van der Waals surface area contributed by atoms with E-state index in [0.29, 0.717) is 16.9 Å². The van der Waals surface area contributed by atoms with E-state index in [1.165, 1.54) is 43.3 Å². The molecule has 0 heterocycles.